The molecule has 0 saturated heterocycles. The summed E-state index contributed by atoms with van der Waals surface area (Å²) in [7, 11) is 0. The Hall–Kier alpha value is -2.40. The van der Waals surface area contributed by atoms with E-state index in [0.717, 1.165) is 11.1 Å². The monoisotopic (exact) mass is 268 g/mol. The molecule has 3 rings (SSSR count). The molecule has 0 aliphatic rings. The summed E-state index contributed by atoms with van der Waals surface area (Å²) >= 11 is 0. The van der Waals surface area contributed by atoms with E-state index in [-0.39, 0.29) is 11.6 Å². The molecule has 0 radical (unpaired) electrons. The summed E-state index contributed by atoms with van der Waals surface area (Å²) in [6.45, 7) is 2.41. The highest BCUT2D eigenvalue weighted by molar-refractivity contribution is 5.89. The highest BCUT2D eigenvalue weighted by atomic mass is 16.1. The third kappa shape index (κ3) is 2.12. The van der Waals surface area contributed by atoms with E-state index < -0.39 is 0 Å². The highest BCUT2D eigenvalue weighted by Crippen LogP contribution is 2.19. The van der Waals surface area contributed by atoms with E-state index in [0.29, 0.717) is 11.9 Å². The lowest BCUT2D eigenvalue weighted by Crippen LogP contribution is -2.29. The van der Waals surface area contributed by atoms with Gasteiger partial charge in [0.05, 0.1) is 12.0 Å². The minimum absolute atomic E-state index is 0.0123. The summed E-state index contributed by atoms with van der Waals surface area (Å²) in [5.41, 5.74) is 6.71. The maximum absolute atomic E-state index is 12.5. The Balaban J connectivity index is 2.23. The van der Waals surface area contributed by atoms with E-state index >= 15 is 0 Å². The molecule has 0 fully saturated rings. The summed E-state index contributed by atoms with van der Waals surface area (Å²) in [5.74, 6) is 0. The molecule has 0 spiro atoms. The van der Waals surface area contributed by atoms with Crippen molar-refractivity contribution in [3.63, 3.8) is 0 Å². The molecule has 0 amide bonds. The van der Waals surface area contributed by atoms with Gasteiger partial charge in [-0.05, 0) is 25.1 Å². The predicted molar refractivity (Wildman–Crippen MR) is 79.0 cm³/mol. The van der Waals surface area contributed by atoms with Gasteiger partial charge in [0, 0.05) is 41.9 Å². The SMILES string of the molecule is CC(N)Cn1ccc2c(-n3ccnc3)cccc2c1=O. The Bertz CT molecular complexity index is 787. The lowest BCUT2D eigenvalue weighted by Gasteiger charge is -2.12. The second-order valence-corrected chi connectivity index (χ2v) is 4.96. The fraction of sp³-hybridized carbons (Fsp3) is 0.200. The molecule has 5 heteroatoms. The van der Waals surface area contributed by atoms with E-state index in [1.807, 2.05) is 42.0 Å². The van der Waals surface area contributed by atoms with Crippen molar-refractivity contribution in [1.29, 1.82) is 0 Å². The van der Waals surface area contributed by atoms with Gasteiger partial charge < -0.3 is 14.9 Å². The number of aromatic nitrogens is 3. The molecule has 20 heavy (non-hydrogen) atoms. The quantitative estimate of drug-likeness (QED) is 0.783. The molecule has 0 aliphatic carbocycles. The molecule has 1 unspecified atom stereocenters. The molecule has 2 heterocycles. The second-order valence-electron chi connectivity index (χ2n) is 4.96. The van der Waals surface area contributed by atoms with Gasteiger partial charge >= 0.3 is 0 Å². The largest absolute Gasteiger partial charge is 0.326 e. The number of hydrogen-bond acceptors (Lipinski definition) is 3. The van der Waals surface area contributed by atoms with E-state index in [4.69, 9.17) is 5.73 Å². The van der Waals surface area contributed by atoms with E-state index in [1.165, 1.54) is 0 Å². The van der Waals surface area contributed by atoms with Crippen LogP contribution >= 0.6 is 0 Å². The molecule has 5 nitrogen and oxygen atoms in total. The van der Waals surface area contributed by atoms with Crippen molar-refractivity contribution in [3.05, 3.63) is 59.5 Å². The number of nitrogens with two attached hydrogens (primary N) is 1. The first-order valence-corrected chi connectivity index (χ1v) is 6.53. The van der Waals surface area contributed by atoms with Gasteiger partial charge in [-0.15, -0.1) is 0 Å². The topological polar surface area (TPSA) is 65.8 Å². The molecular formula is C15H16N4O. The van der Waals surface area contributed by atoms with Gasteiger partial charge in [0.15, 0.2) is 0 Å². The number of imidazole rings is 1. The average Bonchev–Trinajstić information content (AvgIpc) is 2.95. The molecule has 0 saturated carbocycles. The van der Waals surface area contributed by atoms with Crippen LogP contribution in [-0.4, -0.2) is 20.2 Å². The fourth-order valence-corrected chi connectivity index (χ4v) is 2.38. The first-order valence-electron chi connectivity index (χ1n) is 6.53. The second kappa shape index (κ2) is 4.94. The third-order valence-electron chi connectivity index (χ3n) is 3.26. The van der Waals surface area contributed by atoms with Crippen LogP contribution in [0.2, 0.25) is 0 Å². The number of nitrogens with zero attached hydrogens (tertiary/aromatic N) is 3. The standard InChI is InChI=1S/C15H16N4O/c1-11(16)9-18-7-5-12-13(15(18)20)3-2-4-14(12)19-8-6-17-10-19/h2-8,10-11H,9,16H2,1H3. The molecule has 2 N–H and O–H groups in total. The maximum Gasteiger partial charge on any atom is 0.258 e. The van der Waals surface area contributed by atoms with Gasteiger partial charge in [-0.2, -0.15) is 0 Å². The van der Waals surface area contributed by atoms with Gasteiger partial charge in [0.25, 0.3) is 5.56 Å². The zero-order valence-electron chi connectivity index (χ0n) is 11.2. The van der Waals surface area contributed by atoms with Crippen LogP contribution < -0.4 is 11.3 Å². The van der Waals surface area contributed by atoms with Gasteiger partial charge in [0.1, 0.15) is 0 Å². The predicted octanol–water partition coefficient (Wildman–Crippen LogP) is 1.53. The van der Waals surface area contributed by atoms with E-state index in [9.17, 15) is 4.79 Å². The Morgan fingerprint density at radius 3 is 2.80 bits per heavy atom. The van der Waals surface area contributed by atoms with Crippen LogP contribution in [0.4, 0.5) is 0 Å². The third-order valence-corrected chi connectivity index (χ3v) is 3.26. The van der Waals surface area contributed by atoms with Crippen LogP contribution in [0, 0.1) is 0 Å². The van der Waals surface area contributed by atoms with Crippen molar-refractivity contribution in [2.24, 2.45) is 5.73 Å². The number of fused-ring (bicyclic) bond motifs is 1. The average molecular weight is 268 g/mol. The first kappa shape index (κ1) is 12.6. The lowest BCUT2D eigenvalue weighted by molar-refractivity contribution is 0.577. The minimum Gasteiger partial charge on any atom is -0.326 e. The summed E-state index contributed by atoms with van der Waals surface area (Å²) < 4.78 is 3.56. The molecule has 2 aromatic heterocycles. The van der Waals surface area contributed by atoms with Crippen LogP contribution in [0.5, 0.6) is 0 Å². The Kier molecular flexibility index (Phi) is 3.12. The number of rotatable bonds is 3. The molecule has 1 aromatic carbocycles. The maximum atomic E-state index is 12.5. The van der Waals surface area contributed by atoms with Crippen LogP contribution in [0.15, 0.2) is 54.0 Å². The number of benzene rings is 1. The van der Waals surface area contributed by atoms with Gasteiger partial charge in [-0.3, -0.25) is 4.79 Å². The smallest absolute Gasteiger partial charge is 0.258 e. The van der Waals surface area contributed by atoms with Crippen molar-refractivity contribution in [2.75, 3.05) is 0 Å². The number of pyridine rings is 1. The highest BCUT2D eigenvalue weighted by Gasteiger charge is 2.08. The van der Waals surface area contributed by atoms with Crippen molar-refractivity contribution in [2.45, 2.75) is 19.5 Å². The normalized spacial score (nSPS) is 12.7. The van der Waals surface area contributed by atoms with Crippen molar-refractivity contribution < 1.29 is 0 Å². The first-order chi connectivity index (χ1) is 9.66. The Morgan fingerprint density at radius 2 is 2.10 bits per heavy atom. The van der Waals surface area contributed by atoms with E-state index in [2.05, 4.69) is 4.98 Å². The zero-order chi connectivity index (χ0) is 14.1. The molecule has 102 valence electrons. The van der Waals surface area contributed by atoms with Gasteiger partial charge in [-0.25, -0.2) is 4.98 Å². The van der Waals surface area contributed by atoms with Gasteiger partial charge in [-0.1, -0.05) is 6.07 Å². The summed E-state index contributed by atoms with van der Waals surface area (Å²) in [4.78, 5) is 16.5. The summed E-state index contributed by atoms with van der Waals surface area (Å²) in [5, 5.41) is 1.61. The zero-order valence-corrected chi connectivity index (χ0v) is 11.2. The van der Waals surface area contributed by atoms with Crippen LogP contribution in [0.25, 0.3) is 16.5 Å². The Labute approximate surface area is 116 Å². The fourth-order valence-electron chi connectivity index (χ4n) is 2.38. The van der Waals surface area contributed by atoms with Crippen LogP contribution in [0.3, 0.4) is 0 Å². The molecule has 1 atom stereocenters. The van der Waals surface area contributed by atoms with Crippen LogP contribution in [-0.2, 0) is 6.54 Å². The van der Waals surface area contributed by atoms with Crippen molar-refractivity contribution in [3.8, 4) is 5.69 Å². The summed E-state index contributed by atoms with van der Waals surface area (Å²) in [6.07, 6.45) is 7.11. The molecule has 0 aliphatic heterocycles. The molecule has 0 bridgehead atoms. The Morgan fingerprint density at radius 1 is 1.25 bits per heavy atom. The van der Waals surface area contributed by atoms with Crippen molar-refractivity contribution >= 4 is 10.8 Å². The van der Waals surface area contributed by atoms with E-state index in [1.54, 1.807) is 23.3 Å². The summed E-state index contributed by atoms with van der Waals surface area (Å²) in [6, 6.07) is 7.60. The lowest BCUT2D eigenvalue weighted by atomic mass is 10.1. The number of hydrogen-bond donors (Lipinski definition) is 1. The van der Waals surface area contributed by atoms with Crippen LogP contribution in [0.1, 0.15) is 6.92 Å². The van der Waals surface area contributed by atoms with Crippen molar-refractivity contribution in [1.82, 2.24) is 14.1 Å². The molecular weight excluding hydrogens is 252 g/mol. The van der Waals surface area contributed by atoms with Gasteiger partial charge in [0.2, 0.25) is 0 Å². The molecule has 3 aromatic rings. The minimum atomic E-state index is -0.0537.